The first-order chi connectivity index (χ1) is 6.44. The van der Waals surface area contributed by atoms with Crippen LogP contribution >= 0.6 is 0 Å². The van der Waals surface area contributed by atoms with Crippen molar-refractivity contribution >= 4 is 0 Å². The van der Waals surface area contributed by atoms with Gasteiger partial charge in [0.25, 0.3) is 0 Å². The van der Waals surface area contributed by atoms with Gasteiger partial charge in [-0.15, -0.1) is 0 Å². The molecule has 1 rings (SSSR count). The highest BCUT2D eigenvalue weighted by Crippen LogP contribution is 2.54. The van der Waals surface area contributed by atoms with Crippen molar-refractivity contribution < 1.29 is 13.2 Å². The van der Waals surface area contributed by atoms with E-state index in [0.29, 0.717) is 19.3 Å². The molecule has 0 N–H and O–H groups in total. The maximum Gasteiger partial charge on any atom is 0.394 e. The van der Waals surface area contributed by atoms with E-state index in [9.17, 15) is 13.2 Å². The number of hydrogen-bond donors (Lipinski definition) is 0. The largest absolute Gasteiger partial charge is 0.394 e. The van der Waals surface area contributed by atoms with E-state index in [1.807, 2.05) is 6.92 Å². The summed E-state index contributed by atoms with van der Waals surface area (Å²) in [6.07, 6.45) is -0.263. The standard InChI is InChI=1S/C11H19F3/c1-3-9(2)10(11(12,13)14)7-5-4-6-8-10/h9H,3-8H2,1-2H3. The summed E-state index contributed by atoms with van der Waals surface area (Å²) in [7, 11) is 0. The van der Waals surface area contributed by atoms with Crippen LogP contribution < -0.4 is 0 Å². The molecule has 0 nitrogen and oxygen atoms in total. The summed E-state index contributed by atoms with van der Waals surface area (Å²) in [6, 6.07) is 0. The van der Waals surface area contributed by atoms with E-state index in [-0.39, 0.29) is 5.92 Å². The minimum absolute atomic E-state index is 0.234. The van der Waals surface area contributed by atoms with Crippen molar-refractivity contribution in [1.82, 2.24) is 0 Å². The van der Waals surface area contributed by atoms with Gasteiger partial charge in [-0.3, -0.25) is 0 Å². The van der Waals surface area contributed by atoms with Gasteiger partial charge in [0.1, 0.15) is 0 Å². The van der Waals surface area contributed by atoms with E-state index >= 15 is 0 Å². The molecule has 0 aromatic rings. The van der Waals surface area contributed by atoms with Crippen molar-refractivity contribution in [2.45, 2.75) is 58.5 Å². The normalized spacial score (nSPS) is 24.6. The Hall–Kier alpha value is -0.210. The fraction of sp³-hybridized carbons (Fsp3) is 1.00. The molecule has 0 radical (unpaired) electrons. The molecule has 0 spiro atoms. The van der Waals surface area contributed by atoms with Gasteiger partial charge in [0.15, 0.2) is 0 Å². The Morgan fingerprint density at radius 1 is 1.14 bits per heavy atom. The molecule has 1 unspecified atom stereocenters. The molecule has 0 heterocycles. The smallest absolute Gasteiger partial charge is 0.170 e. The quantitative estimate of drug-likeness (QED) is 0.624. The maximum absolute atomic E-state index is 13.0. The first-order valence-electron chi connectivity index (χ1n) is 5.51. The number of rotatable bonds is 2. The van der Waals surface area contributed by atoms with Crippen LogP contribution in [0.1, 0.15) is 52.4 Å². The average Bonchev–Trinajstić information content (AvgIpc) is 2.16. The van der Waals surface area contributed by atoms with Crippen LogP contribution in [0.3, 0.4) is 0 Å². The lowest BCUT2D eigenvalue weighted by molar-refractivity contribution is -0.252. The molecule has 0 bridgehead atoms. The Morgan fingerprint density at radius 3 is 2.00 bits per heavy atom. The van der Waals surface area contributed by atoms with Gasteiger partial charge in [0, 0.05) is 0 Å². The molecule has 1 saturated carbocycles. The lowest BCUT2D eigenvalue weighted by Crippen LogP contribution is -2.44. The molecule has 1 aliphatic rings. The molecular weight excluding hydrogens is 189 g/mol. The van der Waals surface area contributed by atoms with Crippen molar-refractivity contribution in [2.75, 3.05) is 0 Å². The molecule has 0 aromatic carbocycles. The van der Waals surface area contributed by atoms with Crippen molar-refractivity contribution in [1.29, 1.82) is 0 Å². The second-order valence-corrected chi connectivity index (χ2v) is 4.52. The van der Waals surface area contributed by atoms with E-state index in [0.717, 1.165) is 19.3 Å². The Kier molecular flexibility index (Phi) is 3.49. The molecule has 1 aliphatic carbocycles. The average molecular weight is 208 g/mol. The van der Waals surface area contributed by atoms with Crippen LogP contribution in [-0.4, -0.2) is 6.18 Å². The lowest BCUT2D eigenvalue weighted by atomic mass is 9.65. The molecule has 84 valence electrons. The number of alkyl halides is 3. The maximum atomic E-state index is 13.0. The Morgan fingerprint density at radius 2 is 1.64 bits per heavy atom. The highest BCUT2D eigenvalue weighted by atomic mass is 19.4. The van der Waals surface area contributed by atoms with Crippen LogP contribution in [0, 0.1) is 11.3 Å². The SMILES string of the molecule is CCC(C)C1(C(F)(F)F)CCCCC1. The summed E-state index contributed by atoms with van der Waals surface area (Å²) < 4.78 is 39.1. The minimum Gasteiger partial charge on any atom is -0.170 e. The third kappa shape index (κ3) is 1.91. The molecule has 0 amide bonds. The summed E-state index contributed by atoms with van der Waals surface area (Å²) in [5, 5.41) is 0. The first-order valence-corrected chi connectivity index (χ1v) is 5.51. The monoisotopic (exact) mass is 208 g/mol. The van der Waals surface area contributed by atoms with Crippen LogP contribution in [-0.2, 0) is 0 Å². The number of hydrogen-bond acceptors (Lipinski definition) is 0. The van der Waals surface area contributed by atoms with Gasteiger partial charge in [-0.05, 0) is 18.8 Å². The Bertz CT molecular complexity index is 177. The van der Waals surface area contributed by atoms with Crippen LogP contribution in [0.2, 0.25) is 0 Å². The van der Waals surface area contributed by atoms with Gasteiger partial charge in [0.2, 0.25) is 0 Å². The summed E-state index contributed by atoms with van der Waals surface area (Å²) >= 11 is 0. The fourth-order valence-electron chi connectivity index (χ4n) is 2.63. The third-order valence-electron chi connectivity index (χ3n) is 3.87. The van der Waals surface area contributed by atoms with Gasteiger partial charge in [-0.25, -0.2) is 0 Å². The van der Waals surface area contributed by atoms with Crippen LogP contribution in [0.25, 0.3) is 0 Å². The fourth-order valence-corrected chi connectivity index (χ4v) is 2.63. The summed E-state index contributed by atoms with van der Waals surface area (Å²) in [6.45, 7) is 3.60. The van der Waals surface area contributed by atoms with Crippen LogP contribution in [0.15, 0.2) is 0 Å². The van der Waals surface area contributed by atoms with Crippen molar-refractivity contribution in [2.24, 2.45) is 11.3 Å². The van der Waals surface area contributed by atoms with Crippen LogP contribution in [0.5, 0.6) is 0 Å². The highest BCUT2D eigenvalue weighted by molar-refractivity contribution is 4.92. The zero-order valence-corrected chi connectivity index (χ0v) is 8.95. The highest BCUT2D eigenvalue weighted by Gasteiger charge is 2.56. The van der Waals surface area contributed by atoms with E-state index in [4.69, 9.17) is 0 Å². The summed E-state index contributed by atoms with van der Waals surface area (Å²) in [5.74, 6) is -0.234. The van der Waals surface area contributed by atoms with E-state index in [1.54, 1.807) is 6.92 Å². The predicted molar refractivity (Wildman–Crippen MR) is 51.0 cm³/mol. The third-order valence-corrected chi connectivity index (χ3v) is 3.87. The molecule has 3 heteroatoms. The van der Waals surface area contributed by atoms with Gasteiger partial charge < -0.3 is 0 Å². The van der Waals surface area contributed by atoms with Gasteiger partial charge in [-0.1, -0.05) is 39.5 Å². The van der Waals surface area contributed by atoms with Crippen LogP contribution in [0.4, 0.5) is 13.2 Å². The van der Waals surface area contributed by atoms with Gasteiger partial charge >= 0.3 is 6.18 Å². The van der Waals surface area contributed by atoms with Gasteiger partial charge in [-0.2, -0.15) is 13.2 Å². The predicted octanol–water partition coefficient (Wildman–Crippen LogP) is 4.55. The van der Waals surface area contributed by atoms with E-state index in [2.05, 4.69) is 0 Å². The molecule has 14 heavy (non-hydrogen) atoms. The first kappa shape index (κ1) is 11.9. The molecule has 1 fully saturated rings. The molecule has 0 aliphatic heterocycles. The molecule has 1 atom stereocenters. The Labute approximate surface area is 83.9 Å². The zero-order chi connectivity index (χ0) is 10.8. The second-order valence-electron chi connectivity index (χ2n) is 4.52. The van der Waals surface area contributed by atoms with E-state index in [1.165, 1.54) is 0 Å². The second kappa shape index (κ2) is 4.11. The molecule has 0 saturated heterocycles. The van der Waals surface area contributed by atoms with Crippen molar-refractivity contribution in [3.05, 3.63) is 0 Å². The summed E-state index contributed by atoms with van der Waals surface area (Å²) in [5.41, 5.74) is -1.38. The van der Waals surface area contributed by atoms with Gasteiger partial charge in [0.05, 0.1) is 5.41 Å². The lowest BCUT2D eigenvalue weighted by Gasteiger charge is -2.43. The number of halogens is 3. The van der Waals surface area contributed by atoms with Crippen molar-refractivity contribution in [3.8, 4) is 0 Å². The molecular formula is C11H19F3. The topological polar surface area (TPSA) is 0 Å². The van der Waals surface area contributed by atoms with Crippen molar-refractivity contribution in [3.63, 3.8) is 0 Å². The summed E-state index contributed by atoms with van der Waals surface area (Å²) in [4.78, 5) is 0. The zero-order valence-electron chi connectivity index (χ0n) is 8.95. The molecule has 0 aromatic heterocycles. The Balaban J connectivity index is 2.88. The van der Waals surface area contributed by atoms with E-state index < -0.39 is 11.6 Å². The minimum atomic E-state index is -4.01.